The molecule has 0 bridgehead atoms. The van der Waals surface area contributed by atoms with Crippen molar-refractivity contribution in [3.05, 3.63) is 323 Å². The van der Waals surface area contributed by atoms with E-state index in [4.69, 9.17) is 9.97 Å². The van der Waals surface area contributed by atoms with Crippen LogP contribution < -0.4 is 9.80 Å². The first-order chi connectivity index (χ1) is 44.3. The Kier molecular flexibility index (Phi) is 12.3. The van der Waals surface area contributed by atoms with Gasteiger partial charge in [-0.1, -0.05) is 260 Å². The van der Waals surface area contributed by atoms with E-state index >= 15 is 0 Å². The second kappa shape index (κ2) is 20.6. The molecule has 12 aromatic carbocycles. The van der Waals surface area contributed by atoms with Crippen molar-refractivity contribution in [1.29, 1.82) is 0 Å². The fraction of sp³-hybridized carbons (Fsp3) is 0.103. The lowest BCUT2D eigenvalue weighted by Crippen LogP contribution is -2.17. The van der Waals surface area contributed by atoms with Crippen LogP contribution in [-0.2, 0) is 16.2 Å². The lowest BCUT2D eigenvalue weighted by atomic mass is 9.81. The summed E-state index contributed by atoms with van der Waals surface area (Å²) in [7, 11) is 0. The maximum atomic E-state index is 5.27. The summed E-state index contributed by atoms with van der Waals surface area (Å²) in [6, 6.07) is 98.0. The molecule has 0 N–H and O–H groups in total. The van der Waals surface area contributed by atoms with Crippen LogP contribution >= 0.6 is 0 Å². The number of hydrogen-bond acceptors (Lipinski definition) is 4. The van der Waals surface area contributed by atoms with Crippen LogP contribution in [0.4, 0.5) is 34.4 Å². The van der Waals surface area contributed by atoms with Gasteiger partial charge in [0.2, 0.25) is 0 Å². The standard InChI is InChI=1S/C87H66N4/c1-85(2)73-49-55(29-31-57-35-43-69-71-45-39-63(53-77(71)86(3,4)75(69)51-57)90(81-27-15-21-59-17-7-11-23-65(59)81)83-47-37-61-19-9-13-25-79(61)88-83)33-41-67(73)68-42-34-56(50-74(68)85)30-32-58-36-44-70-72-46-40-64(54-78(72)87(5,6)76(70)52-58)91(82-28-16-22-60-18-8-12-24-66(60)82)84-48-38-62-20-10-14-26-80(62)89-84/h7-54H,1-6H3. The zero-order chi connectivity index (χ0) is 61.3. The van der Waals surface area contributed by atoms with Crippen LogP contribution in [0.3, 0.4) is 0 Å². The van der Waals surface area contributed by atoms with Crippen LogP contribution in [0.5, 0.6) is 0 Å². The predicted octanol–water partition coefficient (Wildman–Crippen LogP) is 23.3. The Balaban J connectivity index is 0.623. The average molecular weight is 1170 g/mol. The van der Waals surface area contributed by atoms with E-state index in [0.717, 1.165) is 56.2 Å². The molecule has 17 rings (SSSR count). The molecule has 0 atom stereocenters. The number of nitrogens with zero attached hydrogens (tertiary/aromatic N) is 4. The van der Waals surface area contributed by atoms with Gasteiger partial charge in [-0.2, -0.15) is 0 Å². The zero-order valence-electron chi connectivity index (χ0n) is 52.0. The van der Waals surface area contributed by atoms with E-state index in [1.54, 1.807) is 0 Å². The molecule has 2 heterocycles. The van der Waals surface area contributed by atoms with Crippen molar-refractivity contribution in [3.63, 3.8) is 0 Å². The number of aromatic nitrogens is 2. The van der Waals surface area contributed by atoms with Gasteiger partial charge >= 0.3 is 0 Å². The number of anilines is 6. The highest BCUT2D eigenvalue weighted by atomic mass is 15.2. The topological polar surface area (TPSA) is 32.3 Å². The van der Waals surface area contributed by atoms with Crippen LogP contribution in [0, 0.1) is 0 Å². The molecule has 0 radical (unpaired) electrons. The smallest absolute Gasteiger partial charge is 0.138 e. The number of rotatable bonds is 10. The third-order valence-electron chi connectivity index (χ3n) is 20.2. The molecule has 0 saturated heterocycles. The molecule has 0 fully saturated rings. The normalized spacial score (nSPS) is 14.4. The fourth-order valence-electron chi connectivity index (χ4n) is 15.3. The van der Waals surface area contributed by atoms with Crippen molar-refractivity contribution in [2.24, 2.45) is 0 Å². The van der Waals surface area contributed by atoms with Gasteiger partial charge in [-0.25, -0.2) is 9.97 Å². The molecule has 14 aromatic rings. The summed E-state index contributed by atoms with van der Waals surface area (Å²) in [5, 5.41) is 7.02. The number of fused-ring (bicyclic) bond motifs is 13. The number of benzene rings is 12. The van der Waals surface area contributed by atoms with Crippen LogP contribution in [-0.4, -0.2) is 9.97 Å². The highest BCUT2D eigenvalue weighted by Crippen LogP contribution is 2.55. The molecule has 91 heavy (non-hydrogen) atoms. The third-order valence-corrected chi connectivity index (χ3v) is 20.2. The van der Waals surface area contributed by atoms with Crippen molar-refractivity contribution in [2.45, 2.75) is 57.8 Å². The number of hydrogen-bond donors (Lipinski definition) is 0. The molecule has 3 aliphatic rings. The largest absolute Gasteiger partial charge is 0.294 e. The molecule has 0 amide bonds. The Morgan fingerprint density at radius 1 is 0.264 bits per heavy atom. The van der Waals surface area contributed by atoms with Crippen molar-refractivity contribution in [3.8, 4) is 33.4 Å². The first kappa shape index (κ1) is 54.2. The molecule has 0 spiro atoms. The molecule has 434 valence electrons. The van der Waals surface area contributed by atoms with E-state index in [9.17, 15) is 0 Å². The van der Waals surface area contributed by atoms with E-state index < -0.39 is 0 Å². The number of para-hydroxylation sites is 2. The first-order valence-electron chi connectivity index (χ1n) is 31.9. The van der Waals surface area contributed by atoms with Crippen LogP contribution in [0.15, 0.2) is 267 Å². The summed E-state index contributed by atoms with van der Waals surface area (Å²) in [5.41, 5.74) is 26.3. The van der Waals surface area contributed by atoms with Gasteiger partial charge < -0.3 is 0 Å². The molecular formula is C87H66N4. The quantitative estimate of drug-likeness (QED) is 0.128. The van der Waals surface area contributed by atoms with E-state index in [1.165, 1.54) is 111 Å². The lowest BCUT2D eigenvalue weighted by Gasteiger charge is -2.28. The second-order valence-corrected chi connectivity index (χ2v) is 26.6. The minimum absolute atomic E-state index is 0.177. The highest BCUT2D eigenvalue weighted by Gasteiger charge is 2.39. The summed E-state index contributed by atoms with van der Waals surface area (Å²) in [5.74, 6) is 1.78. The molecule has 0 aliphatic heterocycles. The van der Waals surface area contributed by atoms with Crippen LogP contribution in [0.2, 0.25) is 0 Å². The van der Waals surface area contributed by atoms with Crippen molar-refractivity contribution in [1.82, 2.24) is 9.97 Å². The summed E-state index contributed by atoms with van der Waals surface area (Å²) < 4.78 is 0. The van der Waals surface area contributed by atoms with Crippen LogP contribution in [0.1, 0.15) is 97.2 Å². The van der Waals surface area contributed by atoms with Gasteiger partial charge in [0.15, 0.2) is 0 Å². The van der Waals surface area contributed by atoms with E-state index in [0.29, 0.717) is 0 Å². The predicted molar refractivity (Wildman–Crippen MR) is 385 cm³/mol. The zero-order valence-corrected chi connectivity index (χ0v) is 52.0. The van der Waals surface area contributed by atoms with Crippen molar-refractivity contribution in [2.75, 3.05) is 9.80 Å². The maximum Gasteiger partial charge on any atom is 0.138 e. The van der Waals surface area contributed by atoms with E-state index in [2.05, 4.69) is 343 Å². The van der Waals surface area contributed by atoms with Gasteiger partial charge in [-0.15, -0.1) is 0 Å². The Morgan fingerprint density at radius 3 is 0.923 bits per heavy atom. The van der Waals surface area contributed by atoms with Crippen molar-refractivity contribution >= 4 is 102 Å². The Morgan fingerprint density at radius 2 is 0.560 bits per heavy atom. The molecule has 3 aliphatic carbocycles. The summed E-state index contributed by atoms with van der Waals surface area (Å²) in [6.07, 6.45) is 9.17. The molecule has 2 aromatic heterocycles. The van der Waals surface area contributed by atoms with Crippen LogP contribution in [0.25, 0.3) is 101 Å². The van der Waals surface area contributed by atoms with Gasteiger partial charge in [-0.3, -0.25) is 9.80 Å². The number of pyridine rings is 2. The lowest BCUT2D eigenvalue weighted by molar-refractivity contribution is 0.660. The monoisotopic (exact) mass is 1170 g/mol. The average Bonchev–Trinajstić information content (AvgIpc) is 1.63. The summed E-state index contributed by atoms with van der Waals surface area (Å²) in [6.45, 7) is 14.3. The third kappa shape index (κ3) is 8.79. The SMILES string of the molecule is CC1(C)c2cc(C=Cc3ccc4c(c3)C(C)(C)c3cc(N(c5ccc6ccccc6n5)c5cccc6ccccc56)ccc3-4)ccc2-c2ccc(C=Cc3ccc4c(c3)C(C)(C)c3cc(N(c5ccc6ccccc6n5)c5cccc6ccccc56)ccc3-4)cc21. The Hall–Kier alpha value is -10.9. The molecular weight excluding hydrogens is 1100 g/mol. The maximum absolute atomic E-state index is 5.27. The van der Waals surface area contributed by atoms with E-state index in [-0.39, 0.29) is 16.2 Å². The highest BCUT2D eigenvalue weighted by molar-refractivity contribution is 6.02. The summed E-state index contributed by atoms with van der Waals surface area (Å²) >= 11 is 0. The Bertz CT molecular complexity index is 5080. The molecule has 0 unspecified atom stereocenters. The van der Waals surface area contributed by atoms with Gasteiger partial charge in [-0.05, 0) is 173 Å². The molecule has 4 heteroatoms. The minimum Gasteiger partial charge on any atom is -0.294 e. The van der Waals surface area contributed by atoms with E-state index in [1.807, 2.05) is 0 Å². The molecule has 0 saturated carbocycles. The minimum atomic E-state index is -0.236. The second-order valence-electron chi connectivity index (χ2n) is 26.6. The first-order valence-corrected chi connectivity index (χ1v) is 31.9. The molecule has 4 nitrogen and oxygen atoms in total. The van der Waals surface area contributed by atoms with Crippen molar-refractivity contribution < 1.29 is 0 Å². The van der Waals surface area contributed by atoms with Gasteiger partial charge in [0, 0.05) is 49.2 Å². The Labute approximate surface area is 532 Å². The van der Waals surface area contributed by atoms with Gasteiger partial charge in [0.1, 0.15) is 11.6 Å². The van der Waals surface area contributed by atoms with Gasteiger partial charge in [0.25, 0.3) is 0 Å². The fourth-order valence-corrected chi connectivity index (χ4v) is 15.3. The van der Waals surface area contributed by atoms with Gasteiger partial charge in [0.05, 0.1) is 22.4 Å². The summed E-state index contributed by atoms with van der Waals surface area (Å²) in [4.78, 5) is 15.2.